The van der Waals surface area contributed by atoms with Gasteiger partial charge >= 0.3 is 11.9 Å². The molecule has 0 bridgehead atoms. The van der Waals surface area contributed by atoms with Crippen LogP contribution in [-0.4, -0.2) is 68.3 Å². The number of hydrogen-bond acceptors (Lipinski definition) is 6. The van der Waals surface area contributed by atoms with Gasteiger partial charge in [-0.25, -0.2) is 9.59 Å². The van der Waals surface area contributed by atoms with E-state index in [4.69, 9.17) is 19.8 Å². The summed E-state index contributed by atoms with van der Waals surface area (Å²) in [5.74, 6) is -2.61. The molecule has 2 aliphatic rings. The van der Waals surface area contributed by atoms with E-state index >= 15 is 0 Å². The lowest BCUT2D eigenvalue weighted by Gasteiger charge is -2.34. The molecule has 2 saturated heterocycles. The molecule has 2 fully saturated rings. The van der Waals surface area contributed by atoms with Crippen LogP contribution in [0.15, 0.2) is 97.1 Å². The maximum absolute atomic E-state index is 11.1. The number of carboxylic acid groups (broad SMARTS) is 2. The summed E-state index contributed by atoms with van der Waals surface area (Å²) >= 11 is 0. The van der Waals surface area contributed by atoms with Crippen molar-refractivity contribution in [1.29, 1.82) is 0 Å². The predicted octanol–water partition coefficient (Wildman–Crippen LogP) is 8.92. The van der Waals surface area contributed by atoms with Crippen LogP contribution in [0.4, 0.5) is 0 Å². The van der Waals surface area contributed by atoms with Crippen LogP contribution < -0.4 is 0 Å². The van der Waals surface area contributed by atoms with E-state index in [0.29, 0.717) is 11.5 Å². The lowest BCUT2D eigenvalue weighted by molar-refractivity contribution is -0.159. The summed E-state index contributed by atoms with van der Waals surface area (Å²) < 4.78 is 0. The fraction of sp³-hybridized carbons (Fsp3) is 0.422. The molecule has 4 aromatic carbocycles. The Morgan fingerprint density at radius 2 is 0.962 bits per heavy atom. The minimum absolute atomic E-state index is 0.263. The zero-order valence-corrected chi connectivity index (χ0v) is 31.1. The molecule has 2 aliphatic heterocycles. The molecule has 0 saturated carbocycles. The zero-order valence-electron chi connectivity index (χ0n) is 31.1. The van der Waals surface area contributed by atoms with E-state index in [-0.39, 0.29) is 11.3 Å². The molecule has 0 atom stereocenters. The Labute approximate surface area is 314 Å². The van der Waals surface area contributed by atoms with Gasteiger partial charge in [0.1, 0.15) is 11.5 Å². The van der Waals surface area contributed by atoms with Crippen molar-refractivity contribution >= 4 is 11.9 Å². The van der Waals surface area contributed by atoms with E-state index in [1.54, 1.807) is 0 Å². The molecule has 0 amide bonds. The second-order valence-corrected chi connectivity index (χ2v) is 14.9. The summed E-state index contributed by atoms with van der Waals surface area (Å²) in [5.41, 5.74) is 6.83. The third-order valence-electron chi connectivity index (χ3n) is 11.1. The van der Waals surface area contributed by atoms with E-state index in [1.165, 1.54) is 73.6 Å². The van der Waals surface area contributed by atoms with Crippen molar-refractivity contribution in [2.45, 2.75) is 95.6 Å². The average molecular weight is 721 g/mol. The Morgan fingerprint density at radius 3 is 1.32 bits per heavy atom. The molecule has 8 heteroatoms. The van der Waals surface area contributed by atoms with E-state index in [0.717, 1.165) is 63.2 Å². The maximum atomic E-state index is 11.1. The van der Waals surface area contributed by atoms with Crippen LogP contribution in [0.5, 0.6) is 11.5 Å². The van der Waals surface area contributed by atoms with E-state index in [2.05, 4.69) is 102 Å². The van der Waals surface area contributed by atoms with E-state index in [9.17, 15) is 10.2 Å². The van der Waals surface area contributed by atoms with Gasteiger partial charge in [-0.15, -0.1) is 0 Å². The third kappa shape index (κ3) is 11.2. The van der Waals surface area contributed by atoms with E-state index in [1.807, 2.05) is 12.1 Å². The van der Waals surface area contributed by atoms with Gasteiger partial charge in [-0.1, -0.05) is 105 Å². The number of likely N-dealkylation sites (tertiary alicyclic amines) is 2. The zero-order chi connectivity index (χ0) is 37.6. The summed E-state index contributed by atoms with van der Waals surface area (Å²) in [6.45, 7) is 8.31. The lowest BCUT2D eigenvalue weighted by atomic mass is 9.70. The number of carboxylic acids is 2. The molecular formula is C45H56N2O6. The minimum atomic E-state index is -1.82. The fourth-order valence-electron chi connectivity index (χ4n) is 7.97. The number of hydrogen-bond donors (Lipinski definition) is 4. The Balaban J connectivity index is 0.000000833. The highest BCUT2D eigenvalue weighted by Gasteiger charge is 2.32. The van der Waals surface area contributed by atoms with E-state index < -0.39 is 11.9 Å². The van der Waals surface area contributed by atoms with Gasteiger partial charge in [0, 0.05) is 35.5 Å². The van der Waals surface area contributed by atoms with Crippen molar-refractivity contribution in [1.82, 2.24) is 9.80 Å². The maximum Gasteiger partial charge on any atom is 0.414 e. The largest absolute Gasteiger partial charge is 0.508 e. The van der Waals surface area contributed by atoms with Crippen LogP contribution in [0.3, 0.4) is 0 Å². The number of benzene rings is 4. The molecule has 6 rings (SSSR count). The van der Waals surface area contributed by atoms with Gasteiger partial charge in [0.25, 0.3) is 0 Å². The molecule has 0 unspecified atom stereocenters. The SMILES string of the molecule is CC(CCC(c1ccccc1)c1ccccc1)(c1ccc(O)c(CN2CCCCCC2)c1)c1ccc(O)c(CN2CCCCCC2)c1.O=C(O)C(=O)O. The van der Waals surface area contributed by atoms with Crippen molar-refractivity contribution in [2.24, 2.45) is 0 Å². The number of carbonyl (C=O) groups is 2. The van der Waals surface area contributed by atoms with Gasteiger partial charge in [0.15, 0.2) is 0 Å². The Kier molecular flexibility index (Phi) is 14.5. The van der Waals surface area contributed by atoms with Crippen molar-refractivity contribution in [3.8, 4) is 11.5 Å². The molecule has 2 heterocycles. The molecule has 53 heavy (non-hydrogen) atoms. The van der Waals surface area contributed by atoms with Crippen LogP contribution in [0, 0.1) is 0 Å². The standard InChI is InChI=1S/C43H54N2O2.C2H2O4/c1-43(25-24-40(34-16-8-6-9-17-34)35-18-10-7-11-19-35,38-20-22-41(46)36(30-38)32-44-26-12-2-3-13-27-44)39-21-23-42(47)37(31-39)33-45-28-14-4-5-15-29-45;3-1(4)2(5)6/h6-11,16-23,30-31,40,46-47H,2-5,12-15,24-29,32-33H2,1H3;(H,3,4)(H,5,6). The highest BCUT2D eigenvalue weighted by Crippen LogP contribution is 2.43. The molecule has 282 valence electrons. The number of aromatic hydroxyl groups is 2. The van der Waals surface area contributed by atoms with Gasteiger partial charge in [-0.2, -0.15) is 0 Å². The van der Waals surface area contributed by atoms with Gasteiger partial charge < -0.3 is 20.4 Å². The van der Waals surface area contributed by atoms with Gasteiger partial charge in [-0.05, 0) is 111 Å². The predicted molar refractivity (Wildman–Crippen MR) is 209 cm³/mol. The first kappa shape index (κ1) is 39.5. The Morgan fingerprint density at radius 1 is 0.585 bits per heavy atom. The number of aliphatic carboxylic acids is 2. The first-order valence-electron chi connectivity index (χ1n) is 19.3. The molecule has 0 aliphatic carbocycles. The summed E-state index contributed by atoms with van der Waals surface area (Å²) in [7, 11) is 0. The van der Waals surface area contributed by atoms with Crippen LogP contribution >= 0.6 is 0 Å². The second-order valence-electron chi connectivity index (χ2n) is 14.9. The van der Waals surface area contributed by atoms with Gasteiger partial charge in [-0.3, -0.25) is 9.80 Å². The van der Waals surface area contributed by atoms with Crippen LogP contribution in [0.1, 0.15) is 110 Å². The highest BCUT2D eigenvalue weighted by molar-refractivity contribution is 6.27. The van der Waals surface area contributed by atoms with Crippen molar-refractivity contribution in [2.75, 3.05) is 26.2 Å². The van der Waals surface area contributed by atoms with Crippen molar-refractivity contribution in [3.05, 3.63) is 130 Å². The van der Waals surface area contributed by atoms with Crippen LogP contribution in [-0.2, 0) is 28.1 Å². The average Bonchev–Trinajstić information content (AvgIpc) is 3.60. The molecule has 4 aromatic rings. The number of phenolic OH excluding ortho intramolecular Hbond substituents is 2. The third-order valence-corrected chi connectivity index (χ3v) is 11.1. The topological polar surface area (TPSA) is 122 Å². The Hall–Kier alpha value is -4.66. The van der Waals surface area contributed by atoms with Gasteiger partial charge in [0.05, 0.1) is 0 Å². The highest BCUT2D eigenvalue weighted by atomic mass is 16.4. The number of rotatable bonds is 11. The summed E-state index contributed by atoms with van der Waals surface area (Å²) in [4.78, 5) is 23.2. The normalized spacial score (nSPS) is 15.9. The quantitative estimate of drug-likeness (QED) is 0.113. The molecule has 8 nitrogen and oxygen atoms in total. The Bertz CT molecular complexity index is 1620. The monoisotopic (exact) mass is 720 g/mol. The molecular weight excluding hydrogens is 665 g/mol. The second kappa shape index (κ2) is 19.4. The smallest absolute Gasteiger partial charge is 0.414 e. The first-order chi connectivity index (χ1) is 25.6. The first-order valence-corrected chi connectivity index (χ1v) is 19.3. The molecule has 0 radical (unpaired) electrons. The molecule has 0 spiro atoms. The summed E-state index contributed by atoms with van der Waals surface area (Å²) in [6.07, 6.45) is 12.0. The van der Waals surface area contributed by atoms with Crippen LogP contribution in [0.25, 0.3) is 0 Å². The lowest BCUT2D eigenvalue weighted by Crippen LogP contribution is -2.27. The minimum Gasteiger partial charge on any atom is -0.508 e. The number of phenols is 2. The molecule has 4 N–H and O–H groups in total. The van der Waals surface area contributed by atoms with Crippen LogP contribution in [0.2, 0.25) is 0 Å². The summed E-state index contributed by atoms with van der Waals surface area (Å²) in [5, 5.41) is 37.0. The fourth-order valence-corrected chi connectivity index (χ4v) is 7.97. The van der Waals surface area contributed by atoms with Crippen molar-refractivity contribution < 1.29 is 30.0 Å². The van der Waals surface area contributed by atoms with Gasteiger partial charge in [0.2, 0.25) is 0 Å². The molecule has 0 aromatic heterocycles. The summed E-state index contributed by atoms with van der Waals surface area (Å²) in [6, 6.07) is 34.5. The van der Waals surface area contributed by atoms with Crippen molar-refractivity contribution in [3.63, 3.8) is 0 Å². The number of nitrogens with zero attached hydrogens (tertiary/aromatic N) is 2.